The molecule has 3 heterocycles. The minimum absolute atomic E-state index is 0. The van der Waals surface area contributed by atoms with E-state index in [4.69, 9.17) is 18.9 Å². The summed E-state index contributed by atoms with van der Waals surface area (Å²) in [5, 5.41) is 0. The van der Waals surface area contributed by atoms with E-state index in [2.05, 4.69) is 24.1 Å². The maximum Gasteiger partial charge on any atom is 0.231 e. The Bertz CT molecular complexity index is 839. The van der Waals surface area contributed by atoms with Gasteiger partial charge in [-0.1, -0.05) is 6.07 Å². The van der Waals surface area contributed by atoms with E-state index >= 15 is 0 Å². The zero-order valence-corrected chi connectivity index (χ0v) is 15.0. The summed E-state index contributed by atoms with van der Waals surface area (Å²) in [6.45, 7) is 1.31. The summed E-state index contributed by atoms with van der Waals surface area (Å²) in [6, 6.07) is 8.45. The molecule has 0 saturated heterocycles. The molecule has 3 aliphatic heterocycles. The second-order valence-corrected chi connectivity index (χ2v) is 6.54. The molecular weight excluding hydrogens is 342 g/mol. The van der Waals surface area contributed by atoms with Crippen LogP contribution in [0, 0.1) is 0 Å². The second kappa shape index (κ2) is 6.00. The summed E-state index contributed by atoms with van der Waals surface area (Å²) in [7, 11) is 3.86. The van der Waals surface area contributed by atoms with Gasteiger partial charge in [0.1, 0.15) is 5.75 Å². The highest BCUT2D eigenvalue weighted by molar-refractivity contribution is 5.85. The minimum Gasteiger partial charge on any atom is -0.493 e. The van der Waals surface area contributed by atoms with Crippen molar-refractivity contribution in [1.29, 1.82) is 0 Å². The van der Waals surface area contributed by atoms with Gasteiger partial charge in [-0.15, -0.1) is 12.4 Å². The van der Waals surface area contributed by atoms with Crippen molar-refractivity contribution in [3.8, 4) is 28.7 Å². The Labute approximate surface area is 152 Å². The van der Waals surface area contributed by atoms with Crippen LogP contribution >= 0.6 is 12.4 Å². The Morgan fingerprint density at radius 3 is 2.68 bits per heavy atom. The van der Waals surface area contributed by atoms with E-state index in [0.29, 0.717) is 0 Å². The van der Waals surface area contributed by atoms with Gasteiger partial charge in [0.15, 0.2) is 23.0 Å². The highest BCUT2D eigenvalue weighted by Gasteiger charge is 2.34. The minimum atomic E-state index is 0. The molecule has 0 aromatic heterocycles. The number of hydrogen-bond donors (Lipinski definition) is 0. The third-order valence-electron chi connectivity index (χ3n) is 5.25. The highest BCUT2D eigenvalue weighted by atomic mass is 35.5. The standard InChI is InChI=1S/C19H19NO4.ClH/c1-20-6-5-11-3-4-14(21-2)19-18(11)13(20)7-12-8-16-17(23-10-22-16)9-15(12)24-19;/h3-4,8-9,13H,5-7,10H2,1-2H3;1H/t13-;/m1./s1. The van der Waals surface area contributed by atoms with Crippen LogP contribution in [0.25, 0.3) is 0 Å². The van der Waals surface area contributed by atoms with Gasteiger partial charge in [0.25, 0.3) is 0 Å². The highest BCUT2D eigenvalue weighted by Crippen LogP contribution is 2.50. The summed E-state index contributed by atoms with van der Waals surface area (Å²) in [5.41, 5.74) is 3.74. The predicted octanol–water partition coefficient (Wildman–Crippen LogP) is 3.72. The molecule has 0 amide bonds. The number of hydrogen-bond acceptors (Lipinski definition) is 5. The fourth-order valence-corrected chi connectivity index (χ4v) is 3.94. The summed E-state index contributed by atoms with van der Waals surface area (Å²) in [4.78, 5) is 2.40. The average Bonchev–Trinajstić information content (AvgIpc) is 2.97. The lowest BCUT2D eigenvalue weighted by molar-refractivity contribution is 0.173. The maximum atomic E-state index is 6.36. The van der Waals surface area contributed by atoms with E-state index in [1.807, 2.05) is 12.1 Å². The van der Waals surface area contributed by atoms with Gasteiger partial charge in [0.05, 0.1) is 7.11 Å². The zero-order valence-electron chi connectivity index (χ0n) is 14.2. The molecule has 0 fully saturated rings. The molecule has 2 aromatic rings. The van der Waals surface area contributed by atoms with Crippen LogP contribution < -0.4 is 18.9 Å². The number of rotatable bonds is 1. The van der Waals surface area contributed by atoms with Gasteiger partial charge in [-0.25, -0.2) is 0 Å². The lowest BCUT2D eigenvalue weighted by atomic mass is 9.88. The van der Waals surface area contributed by atoms with Crippen LogP contribution in [0.3, 0.4) is 0 Å². The first-order chi connectivity index (χ1) is 11.7. The van der Waals surface area contributed by atoms with Crippen LogP contribution in [0.2, 0.25) is 0 Å². The molecule has 0 spiro atoms. The van der Waals surface area contributed by atoms with Gasteiger partial charge >= 0.3 is 0 Å². The topological polar surface area (TPSA) is 40.2 Å². The monoisotopic (exact) mass is 361 g/mol. The average molecular weight is 362 g/mol. The number of halogens is 1. The Hall–Kier alpha value is -2.11. The zero-order chi connectivity index (χ0) is 16.3. The van der Waals surface area contributed by atoms with Crippen molar-refractivity contribution < 1.29 is 18.9 Å². The van der Waals surface area contributed by atoms with Crippen LogP contribution in [-0.4, -0.2) is 32.4 Å². The molecule has 0 aliphatic carbocycles. The van der Waals surface area contributed by atoms with Gasteiger partial charge in [-0.2, -0.15) is 0 Å². The van der Waals surface area contributed by atoms with E-state index in [0.717, 1.165) is 53.7 Å². The first-order valence-corrected chi connectivity index (χ1v) is 8.25. The largest absolute Gasteiger partial charge is 0.493 e. The van der Waals surface area contributed by atoms with Crippen molar-refractivity contribution in [2.24, 2.45) is 0 Å². The van der Waals surface area contributed by atoms with Gasteiger partial charge in [0, 0.05) is 29.8 Å². The molecule has 1 atom stereocenters. The molecule has 0 unspecified atom stereocenters. The van der Waals surface area contributed by atoms with Crippen molar-refractivity contribution in [3.05, 3.63) is 41.0 Å². The smallest absolute Gasteiger partial charge is 0.231 e. The molecule has 0 saturated carbocycles. The van der Waals surface area contributed by atoms with Crippen LogP contribution in [0.5, 0.6) is 28.7 Å². The van der Waals surface area contributed by atoms with E-state index < -0.39 is 0 Å². The Morgan fingerprint density at radius 2 is 1.88 bits per heavy atom. The van der Waals surface area contributed by atoms with E-state index in [1.165, 1.54) is 11.1 Å². The van der Waals surface area contributed by atoms with Crippen LogP contribution in [0.1, 0.15) is 22.7 Å². The fourth-order valence-electron chi connectivity index (χ4n) is 3.94. The molecule has 0 radical (unpaired) electrons. The predicted molar refractivity (Wildman–Crippen MR) is 95.7 cm³/mol. The molecule has 2 aromatic carbocycles. The van der Waals surface area contributed by atoms with Crippen molar-refractivity contribution in [2.75, 3.05) is 27.5 Å². The van der Waals surface area contributed by atoms with Crippen molar-refractivity contribution in [1.82, 2.24) is 4.90 Å². The number of benzene rings is 2. The lowest BCUT2D eigenvalue weighted by Crippen LogP contribution is -2.33. The number of methoxy groups -OCH3 is 1. The number of likely N-dealkylation sites (N-methyl/N-ethyl adjacent to an activating group) is 1. The summed E-state index contributed by atoms with van der Waals surface area (Å²) in [5.74, 6) is 3.98. The van der Waals surface area contributed by atoms with Crippen LogP contribution in [0.15, 0.2) is 24.3 Å². The molecule has 5 rings (SSSR count). The third-order valence-corrected chi connectivity index (χ3v) is 5.25. The molecule has 0 bridgehead atoms. The Balaban J connectivity index is 0.00000157. The number of nitrogens with zero attached hydrogens (tertiary/aromatic N) is 1. The molecule has 0 N–H and O–H groups in total. The van der Waals surface area contributed by atoms with Crippen molar-refractivity contribution in [3.63, 3.8) is 0 Å². The van der Waals surface area contributed by atoms with Crippen LogP contribution in [-0.2, 0) is 12.8 Å². The summed E-state index contributed by atoms with van der Waals surface area (Å²) < 4.78 is 23.0. The molecule has 132 valence electrons. The third kappa shape index (κ3) is 2.41. The molecule has 3 aliphatic rings. The van der Waals surface area contributed by atoms with E-state index in [1.54, 1.807) is 7.11 Å². The molecule has 6 heteroatoms. The van der Waals surface area contributed by atoms with Gasteiger partial charge in [0.2, 0.25) is 6.79 Å². The normalized spacial score (nSPS) is 19.8. The summed E-state index contributed by atoms with van der Waals surface area (Å²) in [6.07, 6.45) is 1.91. The lowest BCUT2D eigenvalue weighted by Gasteiger charge is -2.34. The van der Waals surface area contributed by atoms with Gasteiger partial charge in [-0.3, -0.25) is 4.90 Å². The van der Waals surface area contributed by atoms with Gasteiger partial charge < -0.3 is 18.9 Å². The first kappa shape index (κ1) is 16.4. The SMILES string of the molecule is COc1ccc2c3c1Oc1cc4c(cc1C[C@H]3N(C)CC2)OCO4.Cl. The van der Waals surface area contributed by atoms with E-state index in [-0.39, 0.29) is 25.2 Å². The van der Waals surface area contributed by atoms with E-state index in [9.17, 15) is 0 Å². The Kier molecular flexibility index (Phi) is 3.93. The van der Waals surface area contributed by atoms with Gasteiger partial charge in [-0.05, 0) is 37.6 Å². The molecular formula is C19H20ClNO4. The fraction of sp³-hybridized carbons (Fsp3) is 0.368. The summed E-state index contributed by atoms with van der Waals surface area (Å²) >= 11 is 0. The molecule has 5 nitrogen and oxygen atoms in total. The number of ether oxygens (including phenoxy) is 4. The number of fused-ring (bicyclic) bond motifs is 2. The quantitative estimate of drug-likeness (QED) is 0.774. The molecule has 25 heavy (non-hydrogen) atoms. The maximum absolute atomic E-state index is 6.36. The Morgan fingerprint density at radius 1 is 1.08 bits per heavy atom. The van der Waals surface area contributed by atoms with Crippen molar-refractivity contribution >= 4 is 12.4 Å². The second-order valence-electron chi connectivity index (χ2n) is 6.54. The van der Waals surface area contributed by atoms with Crippen molar-refractivity contribution in [2.45, 2.75) is 18.9 Å². The van der Waals surface area contributed by atoms with Crippen LogP contribution in [0.4, 0.5) is 0 Å². The first-order valence-electron chi connectivity index (χ1n) is 8.25.